The van der Waals surface area contributed by atoms with E-state index >= 15 is 0 Å². The number of carbonyl (C=O) groups is 1. The van der Waals surface area contributed by atoms with Crippen molar-refractivity contribution in [3.63, 3.8) is 0 Å². The van der Waals surface area contributed by atoms with Crippen LogP contribution in [0.25, 0.3) is 0 Å². The van der Waals surface area contributed by atoms with E-state index < -0.39 is 0 Å². The molecule has 5 nitrogen and oxygen atoms in total. The monoisotopic (exact) mass is 331 g/mol. The maximum absolute atomic E-state index is 12.7. The van der Waals surface area contributed by atoms with Crippen LogP contribution in [0.5, 0.6) is 0 Å². The normalized spacial score (nSPS) is 15.5. The molecule has 0 atom stereocenters. The smallest absolute Gasteiger partial charge is 0.277 e. The second-order valence-corrected chi connectivity index (χ2v) is 6.34. The van der Waals surface area contributed by atoms with Gasteiger partial charge in [-0.25, -0.2) is 4.98 Å². The van der Waals surface area contributed by atoms with Gasteiger partial charge in [-0.1, -0.05) is 18.2 Å². The highest BCUT2D eigenvalue weighted by Gasteiger charge is 2.20. The van der Waals surface area contributed by atoms with Gasteiger partial charge in [-0.05, 0) is 19.1 Å². The molecule has 0 unspecified atom stereocenters. The van der Waals surface area contributed by atoms with Crippen LogP contribution >= 0.6 is 11.3 Å². The van der Waals surface area contributed by atoms with Crippen molar-refractivity contribution in [2.24, 2.45) is 0 Å². The van der Waals surface area contributed by atoms with Crippen molar-refractivity contribution in [1.82, 2.24) is 9.88 Å². The van der Waals surface area contributed by atoms with Gasteiger partial charge in [-0.3, -0.25) is 9.69 Å². The zero-order valence-corrected chi connectivity index (χ0v) is 14.1. The summed E-state index contributed by atoms with van der Waals surface area (Å²) in [5.74, 6) is -0.0387. The molecule has 1 aliphatic heterocycles. The molecular weight excluding hydrogens is 310 g/mol. The molecule has 0 aliphatic carbocycles. The first kappa shape index (κ1) is 16.1. The molecule has 1 aromatic carbocycles. The van der Waals surface area contributed by atoms with Gasteiger partial charge in [-0.2, -0.15) is 0 Å². The van der Waals surface area contributed by atoms with Gasteiger partial charge in [-0.15, -0.1) is 11.3 Å². The average molecular weight is 331 g/mol. The zero-order valence-electron chi connectivity index (χ0n) is 13.3. The highest BCUT2D eigenvalue weighted by Crippen LogP contribution is 2.19. The van der Waals surface area contributed by atoms with Crippen LogP contribution in [0.4, 0.5) is 5.69 Å². The molecular formula is C17H21N3O2S. The predicted octanol–water partition coefficient (Wildman–Crippen LogP) is 2.64. The van der Waals surface area contributed by atoms with E-state index in [0.29, 0.717) is 12.2 Å². The number of hydrogen-bond donors (Lipinski definition) is 0. The van der Waals surface area contributed by atoms with Crippen LogP contribution in [0.3, 0.4) is 0 Å². The fourth-order valence-corrected chi connectivity index (χ4v) is 3.43. The van der Waals surface area contributed by atoms with E-state index in [4.69, 9.17) is 4.74 Å². The molecule has 3 rings (SSSR count). The number of morpholine rings is 1. The van der Waals surface area contributed by atoms with Gasteiger partial charge in [0.1, 0.15) is 10.7 Å². The highest BCUT2D eigenvalue weighted by atomic mass is 32.1. The fraction of sp³-hybridized carbons (Fsp3) is 0.412. The number of para-hydroxylation sites is 1. The van der Waals surface area contributed by atoms with Crippen LogP contribution in [0.2, 0.25) is 0 Å². The van der Waals surface area contributed by atoms with E-state index in [0.717, 1.165) is 43.5 Å². The first-order valence-electron chi connectivity index (χ1n) is 7.89. The minimum absolute atomic E-state index is 0.0387. The van der Waals surface area contributed by atoms with E-state index in [9.17, 15) is 4.79 Å². The Morgan fingerprint density at radius 3 is 2.74 bits per heavy atom. The quantitative estimate of drug-likeness (QED) is 0.845. The van der Waals surface area contributed by atoms with E-state index in [-0.39, 0.29) is 5.91 Å². The van der Waals surface area contributed by atoms with Gasteiger partial charge in [0, 0.05) is 30.7 Å². The van der Waals surface area contributed by atoms with Crippen LogP contribution in [0.15, 0.2) is 35.7 Å². The lowest BCUT2D eigenvalue weighted by molar-refractivity contribution is 0.0341. The molecule has 1 aromatic heterocycles. The SMILES string of the molecule is CCN(C(=O)c1csc(CN2CCOCC2)n1)c1ccccc1. The molecule has 23 heavy (non-hydrogen) atoms. The topological polar surface area (TPSA) is 45.7 Å². The number of amides is 1. The second-order valence-electron chi connectivity index (χ2n) is 5.40. The van der Waals surface area contributed by atoms with E-state index in [1.54, 1.807) is 16.2 Å². The summed E-state index contributed by atoms with van der Waals surface area (Å²) in [6.07, 6.45) is 0. The number of ether oxygens (including phenoxy) is 1. The lowest BCUT2D eigenvalue weighted by atomic mass is 10.2. The Labute approximate surface area is 140 Å². The number of anilines is 1. The average Bonchev–Trinajstić information content (AvgIpc) is 3.06. The summed E-state index contributed by atoms with van der Waals surface area (Å²) >= 11 is 1.55. The highest BCUT2D eigenvalue weighted by molar-refractivity contribution is 7.09. The standard InChI is InChI=1S/C17H21N3O2S/c1-2-20(14-6-4-3-5-7-14)17(21)15-13-23-16(18-15)12-19-8-10-22-11-9-19/h3-7,13H,2,8-12H2,1H3. The Morgan fingerprint density at radius 2 is 2.04 bits per heavy atom. The summed E-state index contributed by atoms with van der Waals surface area (Å²) in [6, 6.07) is 9.72. The molecule has 122 valence electrons. The summed E-state index contributed by atoms with van der Waals surface area (Å²) in [6.45, 7) is 6.79. The van der Waals surface area contributed by atoms with Crippen molar-refractivity contribution in [2.45, 2.75) is 13.5 Å². The maximum atomic E-state index is 12.7. The van der Waals surface area contributed by atoms with E-state index in [2.05, 4.69) is 9.88 Å². The summed E-state index contributed by atoms with van der Waals surface area (Å²) < 4.78 is 5.36. The Kier molecular flexibility index (Phi) is 5.38. The second kappa shape index (κ2) is 7.68. The number of aromatic nitrogens is 1. The number of benzene rings is 1. The van der Waals surface area contributed by atoms with E-state index in [1.165, 1.54) is 0 Å². The van der Waals surface area contributed by atoms with Gasteiger partial charge >= 0.3 is 0 Å². The van der Waals surface area contributed by atoms with Crippen molar-refractivity contribution in [1.29, 1.82) is 0 Å². The Balaban J connectivity index is 1.69. The van der Waals surface area contributed by atoms with Crippen LogP contribution < -0.4 is 4.90 Å². The summed E-state index contributed by atoms with van der Waals surface area (Å²) in [4.78, 5) is 21.3. The van der Waals surface area contributed by atoms with Gasteiger partial charge in [0.2, 0.25) is 0 Å². The van der Waals surface area contributed by atoms with Gasteiger partial charge < -0.3 is 9.64 Å². The lowest BCUT2D eigenvalue weighted by Gasteiger charge is -2.25. The minimum Gasteiger partial charge on any atom is -0.379 e. The molecule has 1 amide bonds. The Hall–Kier alpha value is -1.76. The van der Waals surface area contributed by atoms with Crippen LogP contribution in [-0.4, -0.2) is 48.6 Å². The third kappa shape index (κ3) is 3.96. The molecule has 1 fully saturated rings. The minimum atomic E-state index is -0.0387. The van der Waals surface area contributed by atoms with Crippen molar-refractivity contribution in [3.05, 3.63) is 46.4 Å². The Morgan fingerprint density at radius 1 is 1.30 bits per heavy atom. The predicted molar refractivity (Wildman–Crippen MR) is 92.0 cm³/mol. The molecule has 1 aliphatic rings. The number of rotatable bonds is 5. The van der Waals surface area contributed by atoms with Gasteiger partial charge in [0.05, 0.1) is 19.8 Å². The summed E-state index contributed by atoms with van der Waals surface area (Å²) in [5.41, 5.74) is 1.44. The van der Waals surface area contributed by atoms with E-state index in [1.807, 2.05) is 42.6 Å². The van der Waals surface area contributed by atoms with Crippen molar-refractivity contribution in [2.75, 3.05) is 37.7 Å². The number of nitrogens with zero attached hydrogens (tertiary/aromatic N) is 3. The summed E-state index contributed by atoms with van der Waals surface area (Å²) in [5, 5.41) is 2.85. The first-order chi connectivity index (χ1) is 11.3. The molecule has 0 saturated carbocycles. The van der Waals surface area contributed by atoms with Crippen molar-refractivity contribution in [3.8, 4) is 0 Å². The zero-order chi connectivity index (χ0) is 16.1. The largest absolute Gasteiger partial charge is 0.379 e. The number of thiazole rings is 1. The maximum Gasteiger partial charge on any atom is 0.277 e. The van der Waals surface area contributed by atoms with Crippen LogP contribution in [0, 0.1) is 0 Å². The molecule has 0 radical (unpaired) electrons. The number of hydrogen-bond acceptors (Lipinski definition) is 5. The molecule has 2 aromatic rings. The van der Waals surface area contributed by atoms with Crippen LogP contribution in [-0.2, 0) is 11.3 Å². The lowest BCUT2D eigenvalue weighted by Crippen LogP contribution is -2.35. The molecule has 0 spiro atoms. The molecule has 1 saturated heterocycles. The van der Waals surface area contributed by atoms with Crippen LogP contribution in [0.1, 0.15) is 22.4 Å². The molecule has 0 bridgehead atoms. The molecule has 6 heteroatoms. The molecule has 2 heterocycles. The third-order valence-corrected chi connectivity index (χ3v) is 4.70. The fourth-order valence-electron chi connectivity index (χ4n) is 2.62. The first-order valence-corrected chi connectivity index (χ1v) is 8.77. The Bertz CT molecular complexity index is 638. The number of carbonyl (C=O) groups excluding carboxylic acids is 1. The molecule has 0 N–H and O–H groups in total. The van der Waals surface area contributed by atoms with Gasteiger partial charge in [0.15, 0.2) is 0 Å². The third-order valence-electron chi connectivity index (χ3n) is 3.86. The summed E-state index contributed by atoms with van der Waals surface area (Å²) in [7, 11) is 0. The van der Waals surface area contributed by atoms with Gasteiger partial charge in [0.25, 0.3) is 5.91 Å². The van der Waals surface area contributed by atoms with Crippen molar-refractivity contribution < 1.29 is 9.53 Å². The van der Waals surface area contributed by atoms with Crippen molar-refractivity contribution >= 4 is 22.9 Å².